The first-order chi connectivity index (χ1) is 12.2. The van der Waals surface area contributed by atoms with E-state index in [0.29, 0.717) is 18.5 Å². The molecule has 0 bridgehead atoms. The van der Waals surface area contributed by atoms with Crippen LogP contribution in [0.15, 0.2) is 53.7 Å². The van der Waals surface area contributed by atoms with Gasteiger partial charge in [-0.3, -0.25) is 9.36 Å². The van der Waals surface area contributed by atoms with Gasteiger partial charge in [-0.25, -0.2) is 9.78 Å². The molecule has 1 aliphatic rings. The van der Waals surface area contributed by atoms with E-state index in [1.54, 1.807) is 0 Å². The summed E-state index contributed by atoms with van der Waals surface area (Å²) in [7, 11) is 0. The molecule has 0 saturated carbocycles. The number of hydrogen-bond acceptors (Lipinski definition) is 4. The number of ether oxygens (including phenoxy) is 1. The minimum absolute atomic E-state index is 0.103. The molecule has 5 heteroatoms. The minimum atomic E-state index is -0.311. The molecular weight excluding hydrogens is 316 g/mol. The van der Waals surface area contributed by atoms with Crippen LogP contribution >= 0.6 is 0 Å². The van der Waals surface area contributed by atoms with Crippen LogP contribution in [0.1, 0.15) is 27.9 Å². The van der Waals surface area contributed by atoms with Crippen LogP contribution in [0.5, 0.6) is 0 Å². The van der Waals surface area contributed by atoms with E-state index in [4.69, 9.17) is 4.74 Å². The van der Waals surface area contributed by atoms with E-state index in [1.807, 2.05) is 24.3 Å². The van der Waals surface area contributed by atoms with E-state index in [9.17, 15) is 9.59 Å². The van der Waals surface area contributed by atoms with E-state index < -0.39 is 0 Å². The molecule has 0 aliphatic heterocycles. The molecule has 1 heterocycles. The number of aryl methyl sites for hydroxylation is 3. The molecule has 1 aromatic heterocycles. The maximum Gasteiger partial charge on any atom is 0.338 e. The highest BCUT2D eigenvalue weighted by atomic mass is 16.5. The number of hydrogen-bond donors (Lipinski definition) is 0. The van der Waals surface area contributed by atoms with Crippen LogP contribution in [0.3, 0.4) is 0 Å². The first-order valence-electron chi connectivity index (χ1n) is 8.45. The Morgan fingerprint density at radius 2 is 1.96 bits per heavy atom. The van der Waals surface area contributed by atoms with Crippen LogP contribution in [-0.4, -0.2) is 22.1 Å². The van der Waals surface area contributed by atoms with Gasteiger partial charge in [-0.15, -0.1) is 0 Å². The van der Waals surface area contributed by atoms with Crippen molar-refractivity contribution in [3.8, 4) is 0 Å². The summed E-state index contributed by atoms with van der Waals surface area (Å²) in [6, 6.07) is 11.4. The van der Waals surface area contributed by atoms with Gasteiger partial charge in [0.25, 0.3) is 5.56 Å². The van der Waals surface area contributed by atoms with Gasteiger partial charge in [0.1, 0.15) is 0 Å². The van der Waals surface area contributed by atoms with Gasteiger partial charge in [-0.1, -0.05) is 24.3 Å². The maximum absolute atomic E-state index is 12.5. The molecule has 3 aromatic rings. The van der Waals surface area contributed by atoms with Crippen LogP contribution in [0.4, 0.5) is 0 Å². The first kappa shape index (κ1) is 15.6. The predicted octanol–water partition coefficient (Wildman–Crippen LogP) is 2.74. The summed E-state index contributed by atoms with van der Waals surface area (Å²) in [6.07, 6.45) is 5.59. The fraction of sp³-hybridized carbons (Fsp3) is 0.250. The highest BCUT2D eigenvalue weighted by Crippen LogP contribution is 2.32. The zero-order chi connectivity index (χ0) is 17.2. The second-order valence-electron chi connectivity index (χ2n) is 6.21. The van der Waals surface area contributed by atoms with E-state index in [2.05, 4.69) is 11.1 Å². The number of carbonyl (C=O) groups excluding carboxylic acids is 1. The molecule has 0 saturated heterocycles. The lowest BCUT2D eigenvalue weighted by atomic mass is 10.00. The van der Waals surface area contributed by atoms with Gasteiger partial charge in [0.15, 0.2) is 0 Å². The van der Waals surface area contributed by atoms with Crippen LogP contribution in [0.25, 0.3) is 10.8 Å². The predicted molar refractivity (Wildman–Crippen MR) is 94.8 cm³/mol. The average Bonchev–Trinajstić information content (AvgIpc) is 3.05. The lowest BCUT2D eigenvalue weighted by Gasteiger charge is -2.10. The van der Waals surface area contributed by atoms with Crippen molar-refractivity contribution in [3.05, 3.63) is 76.0 Å². The molecule has 0 N–H and O–H groups in total. The monoisotopic (exact) mass is 334 g/mol. The maximum atomic E-state index is 12.5. The van der Waals surface area contributed by atoms with Crippen LogP contribution in [0.2, 0.25) is 0 Å². The van der Waals surface area contributed by atoms with Crippen molar-refractivity contribution < 1.29 is 9.53 Å². The standard InChI is InChI=1S/C20H18N2O3/c23-18-9-10-21-13-22(18)11-2-12-25-20(24)17-8-7-15-6-5-14-3-1-4-16(17)19(14)15/h1,3-4,7-10,13H,2,5-6,11-12H2. The van der Waals surface area contributed by atoms with Gasteiger partial charge < -0.3 is 4.74 Å². The summed E-state index contributed by atoms with van der Waals surface area (Å²) in [5.41, 5.74) is 3.12. The topological polar surface area (TPSA) is 61.2 Å². The molecule has 1 aliphatic carbocycles. The highest BCUT2D eigenvalue weighted by Gasteiger charge is 2.19. The molecule has 4 rings (SSSR count). The van der Waals surface area contributed by atoms with Crippen molar-refractivity contribution in [1.82, 2.24) is 9.55 Å². The van der Waals surface area contributed by atoms with Gasteiger partial charge in [0.05, 0.1) is 18.5 Å². The number of esters is 1. The molecule has 0 spiro atoms. The van der Waals surface area contributed by atoms with Crippen LogP contribution in [-0.2, 0) is 24.1 Å². The number of rotatable bonds is 5. The fourth-order valence-corrected chi connectivity index (χ4v) is 3.45. The number of carbonyl (C=O) groups is 1. The van der Waals surface area contributed by atoms with Crippen molar-refractivity contribution in [3.63, 3.8) is 0 Å². The van der Waals surface area contributed by atoms with Gasteiger partial charge in [0.2, 0.25) is 0 Å². The zero-order valence-corrected chi connectivity index (χ0v) is 13.8. The van der Waals surface area contributed by atoms with Gasteiger partial charge in [-0.2, -0.15) is 0 Å². The molecule has 0 fully saturated rings. The first-order valence-corrected chi connectivity index (χ1v) is 8.45. The Balaban J connectivity index is 1.45. The van der Waals surface area contributed by atoms with Crippen molar-refractivity contribution >= 4 is 16.7 Å². The summed E-state index contributed by atoms with van der Waals surface area (Å²) >= 11 is 0. The average molecular weight is 334 g/mol. The molecule has 0 amide bonds. The van der Waals surface area contributed by atoms with E-state index in [0.717, 1.165) is 18.2 Å². The second-order valence-corrected chi connectivity index (χ2v) is 6.21. The molecule has 0 unspecified atom stereocenters. The molecule has 0 radical (unpaired) electrons. The quantitative estimate of drug-likeness (QED) is 0.532. The van der Waals surface area contributed by atoms with Gasteiger partial charge in [-0.05, 0) is 47.2 Å². The summed E-state index contributed by atoms with van der Waals surface area (Å²) in [5, 5.41) is 2.18. The minimum Gasteiger partial charge on any atom is -0.462 e. The van der Waals surface area contributed by atoms with Gasteiger partial charge >= 0.3 is 5.97 Å². The zero-order valence-electron chi connectivity index (χ0n) is 13.8. The number of nitrogens with zero attached hydrogens (tertiary/aromatic N) is 2. The van der Waals surface area contributed by atoms with E-state index >= 15 is 0 Å². The Morgan fingerprint density at radius 1 is 1.12 bits per heavy atom. The molecule has 25 heavy (non-hydrogen) atoms. The van der Waals surface area contributed by atoms with Crippen molar-refractivity contribution in [2.45, 2.75) is 25.8 Å². The number of benzene rings is 2. The Bertz CT molecular complexity index is 997. The molecule has 2 aromatic carbocycles. The smallest absolute Gasteiger partial charge is 0.338 e. The van der Waals surface area contributed by atoms with Crippen molar-refractivity contribution in [2.24, 2.45) is 0 Å². The molecule has 0 atom stereocenters. The molecule has 126 valence electrons. The van der Waals surface area contributed by atoms with Crippen molar-refractivity contribution in [2.75, 3.05) is 6.61 Å². The fourth-order valence-electron chi connectivity index (χ4n) is 3.45. The third-order valence-corrected chi connectivity index (χ3v) is 4.67. The van der Waals surface area contributed by atoms with Crippen LogP contribution < -0.4 is 5.56 Å². The molecular formula is C20H18N2O3. The van der Waals surface area contributed by atoms with E-state index in [-0.39, 0.29) is 18.1 Å². The largest absolute Gasteiger partial charge is 0.462 e. The Labute approximate surface area is 144 Å². The summed E-state index contributed by atoms with van der Waals surface area (Å²) in [5.74, 6) is -0.311. The van der Waals surface area contributed by atoms with Crippen molar-refractivity contribution in [1.29, 1.82) is 0 Å². The number of aromatic nitrogens is 2. The Kier molecular flexibility index (Phi) is 4.06. The summed E-state index contributed by atoms with van der Waals surface area (Å²) in [4.78, 5) is 28.0. The molecule has 5 nitrogen and oxygen atoms in total. The van der Waals surface area contributed by atoms with Crippen LogP contribution in [0, 0.1) is 0 Å². The van der Waals surface area contributed by atoms with Gasteiger partial charge in [0, 0.05) is 18.8 Å². The Morgan fingerprint density at radius 3 is 2.80 bits per heavy atom. The summed E-state index contributed by atoms with van der Waals surface area (Å²) in [6.45, 7) is 0.743. The third-order valence-electron chi connectivity index (χ3n) is 4.67. The van der Waals surface area contributed by atoms with E-state index in [1.165, 1.54) is 39.7 Å². The Hall–Kier alpha value is -2.95. The SMILES string of the molecule is O=C(OCCCn1cnccc1=O)c1ccc2c3c(cccc13)CC2. The highest BCUT2D eigenvalue weighted by molar-refractivity contribution is 6.07. The lowest BCUT2D eigenvalue weighted by Crippen LogP contribution is -2.20. The second kappa shape index (κ2) is 6.51. The third kappa shape index (κ3) is 2.93. The normalized spacial score (nSPS) is 12.5. The summed E-state index contributed by atoms with van der Waals surface area (Å²) < 4.78 is 6.93. The lowest BCUT2D eigenvalue weighted by molar-refractivity contribution is 0.0498.